The Balaban J connectivity index is 1.42. The van der Waals surface area contributed by atoms with Crippen LogP contribution in [0.1, 0.15) is 21.5 Å². The predicted octanol–water partition coefficient (Wildman–Crippen LogP) is 4.90. The average molecular weight is 475 g/mol. The quantitative estimate of drug-likeness (QED) is 0.440. The molecular formula is C26H27ClN6O. The van der Waals surface area contributed by atoms with E-state index in [9.17, 15) is 4.79 Å². The van der Waals surface area contributed by atoms with Gasteiger partial charge in [-0.3, -0.25) is 4.79 Å². The molecule has 34 heavy (non-hydrogen) atoms. The molecule has 2 N–H and O–H groups in total. The first-order valence-electron chi connectivity index (χ1n) is 11.3. The van der Waals surface area contributed by atoms with Gasteiger partial charge in [-0.05, 0) is 68.4 Å². The number of likely N-dealkylation sites (N-methyl/N-ethyl adjacent to an activating group) is 1. The van der Waals surface area contributed by atoms with E-state index < -0.39 is 0 Å². The van der Waals surface area contributed by atoms with E-state index in [2.05, 4.69) is 43.2 Å². The third-order valence-electron chi connectivity index (χ3n) is 6.59. The molecule has 1 saturated heterocycles. The van der Waals surface area contributed by atoms with Gasteiger partial charge < -0.3 is 20.1 Å². The van der Waals surface area contributed by atoms with Crippen LogP contribution in [0, 0.1) is 13.8 Å². The Kier molecular flexibility index (Phi) is 5.98. The summed E-state index contributed by atoms with van der Waals surface area (Å²) in [5.74, 6) is -0.182. The molecule has 2 aromatic heterocycles. The van der Waals surface area contributed by atoms with Gasteiger partial charge >= 0.3 is 0 Å². The van der Waals surface area contributed by atoms with Gasteiger partial charge in [-0.2, -0.15) is 0 Å². The van der Waals surface area contributed by atoms with Crippen molar-refractivity contribution in [2.45, 2.75) is 13.8 Å². The monoisotopic (exact) mass is 474 g/mol. The number of halogens is 1. The van der Waals surface area contributed by atoms with E-state index in [1.807, 2.05) is 44.2 Å². The minimum absolute atomic E-state index is 0.182. The molecule has 0 atom stereocenters. The highest BCUT2D eigenvalue weighted by atomic mass is 35.5. The van der Waals surface area contributed by atoms with Crippen molar-refractivity contribution in [2.24, 2.45) is 0 Å². The van der Waals surface area contributed by atoms with Crippen molar-refractivity contribution in [1.82, 2.24) is 19.9 Å². The van der Waals surface area contributed by atoms with Gasteiger partial charge in [-0.25, -0.2) is 9.97 Å². The van der Waals surface area contributed by atoms with E-state index in [0.717, 1.165) is 59.6 Å². The number of rotatable bonds is 4. The van der Waals surface area contributed by atoms with E-state index in [1.165, 1.54) is 6.33 Å². The van der Waals surface area contributed by atoms with Gasteiger partial charge in [-0.1, -0.05) is 11.6 Å². The summed E-state index contributed by atoms with van der Waals surface area (Å²) in [5.41, 5.74) is 6.74. The fourth-order valence-electron chi connectivity index (χ4n) is 4.32. The molecule has 1 aliphatic heterocycles. The molecule has 3 heterocycles. The van der Waals surface area contributed by atoms with Crippen LogP contribution in [-0.2, 0) is 0 Å². The van der Waals surface area contributed by atoms with Crippen LogP contribution in [0.15, 0.2) is 48.9 Å². The topological polar surface area (TPSA) is 77.1 Å². The van der Waals surface area contributed by atoms with Crippen molar-refractivity contribution in [3.8, 4) is 11.3 Å². The number of nitrogens with one attached hydrogen (secondary N) is 2. The smallest absolute Gasteiger partial charge is 0.255 e. The molecule has 0 spiro atoms. The molecule has 0 bridgehead atoms. The number of nitrogens with zero attached hydrogens (tertiary/aromatic N) is 4. The highest BCUT2D eigenvalue weighted by Gasteiger charge is 2.18. The normalized spacial score (nSPS) is 14.5. The second kappa shape index (κ2) is 9.08. The predicted molar refractivity (Wildman–Crippen MR) is 138 cm³/mol. The fraction of sp³-hybridized carbons (Fsp3) is 0.269. The van der Waals surface area contributed by atoms with Crippen LogP contribution >= 0.6 is 11.6 Å². The Morgan fingerprint density at radius 1 is 1.06 bits per heavy atom. The molecule has 2 aromatic carbocycles. The molecule has 5 rings (SSSR count). The SMILES string of the molecule is Cc1cc(-c2ncnc3[nH]cc(NC(=O)c4ccc(N5CCN(C)CC5)cc4)c23)cc(Cl)c1C. The summed E-state index contributed by atoms with van der Waals surface area (Å²) < 4.78 is 0. The second-order valence-electron chi connectivity index (χ2n) is 8.84. The lowest BCUT2D eigenvalue weighted by atomic mass is 10.0. The van der Waals surface area contributed by atoms with E-state index in [4.69, 9.17) is 11.6 Å². The van der Waals surface area contributed by atoms with Crippen LogP contribution in [0.4, 0.5) is 11.4 Å². The average Bonchev–Trinajstić information content (AvgIpc) is 3.25. The molecule has 1 fully saturated rings. The summed E-state index contributed by atoms with van der Waals surface area (Å²) in [6.07, 6.45) is 3.27. The van der Waals surface area contributed by atoms with Crippen LogP contribution in [-0.4, -0.2) is 59.0 Å². The largest absolute Gasteiger partial charge is 0.369 e. The van der Waals surface area contributed by atoms with Crippen molar-refractivity contribution < 1.29 is 4.79 Å². The Hall–Kier alpha value is -3.42. The maximum atomic E-state index is 13.1. The second-order valence-corrected chi connectivity index (χ2v) is 9.25. The highest BCUT2D eigenvalue weighted by molar-refractivity contribution is 6.31. The lowest BCUT2D eigenvalue weighted by Gasteiger charge is -2.34. The van der Waals surface area contributed by atoms with Crippen LogP contribution in [0.5, 0.6) is 0 Å². The zero-order valence-electron chi connectivity index (χ0n) is 19.5. The van der Waals surface area contributed by atoms with Crippen LogP contribution in [0.25, 0.3) is 22.3 Å². The van der Waals surface area contributed by atoms with Crippen molar-refractivity contribution in [2.75, 3.05) is 43.4 Å². The molecule has 1 amide bonds. The van der Waals surface area contributed by atoms with Gasteiger partial charge in [-0.15, -0.1) is 0 Å². The van der Waals surface area contributed by atoms with E-state index >= 15 is 0 Å². The summed E-state index contributed by atoms with van der Waals surface area (Å²) in [6.45, 7) is 8.08. The first-order valence-corrected chi connectivity index (χ1v) is 11.7. The lowest BCUT2D eigenvalue weighted by Crippen LogP contribution is -2.44. The Morgan fingerprint density at radius 3 is 2.50 bits per heavy atom. The first kappa shape index (κ1) is 22.4. The summed E-state index contributed by atoms with van der Waals surface area (Å²) in [6, 6.07) is 11.7. The first-order chi connectivity index (χ1) is 16.4. The molecule has 0 unspecified atom stereocenters. The van der Waals surface area contributed by atoms with Crippen LogP contribution in [0.3, 0.4) is 0 Å². The van der Waals surface area contributed by atoms with Crippen molar-refractivity contribution in [1.29, 1.82) is 0 Å². The minimum atomic E-state index is -0.182. The number of fused-ring (bicyclic) bond motifs is 1. The maximum Gasteiger partial charge on any atom is 0.255 e. The molecule has 7 nitrogen and oxygen atoms in total. The van der Waals surface area contributed by atoms with Crippen molar-refractivity contribution in [3.63, 3.8) is 0 Å². The summed E-state index contributed by atoms with van der Waals surface area (Å²) in [4.78, 5) is 29.8. The molecule has 174 valence electrons. The molecule has 4 aromatic rings. The number of benzene rings is 2. The fourth-order valence-corrected chi connectivity index (χ4v) is 4.58. The lowest BCUT2D eigenvalue weighted by molar-refractivity contribution is 0.102. The van der Waals surface area contributed by atoms with Crippen LogP contribution < -0.4 is 10.2 Å². The van der Waals surface area contributed by atoms with Crippen LogP contribution in [0.2, 0.25) is 5.02 Å². The Labute approximate surface area is 203 Å². The van der Waals surface area contributed by atoms with E-state index in [0.29, 0.717) is 21.9 Å². The number of aryl methyl sites for hydroxylation is 1. The number of hydrogen-bond donors (Lipinski definition) is 2. The molecule has 0 saturated carbocycles. The van der Waals surface area contributed by atoms with E-state index in [-0.39, 0.29) is 5.91 Å². The molecular weight excluding hydrogens is 448 g/mol. The summed E-state index contributed by atoms with van der Waals surface area (Å²) in [7, 11) is 2.14. The van der Waals surface area contributed by atoms with Crippen molar-refractivity contribution in [3.05, 3.63) is 70.6 Å². The maximum absolute atomic E-state index is 13.1. The number of anilines is 2. The third kappa shape index (κ3) is 4.24. The number of H-pyrrole nitrogens is 1. The molecule has 8 heteroatoms. The van der Waals surface area contributed by atoms with Gasteiger partial charge in [0.1, 0.15) is 12.0 Å². The Bertz CT molecular complexity index is 1330. The van der Waals surface area contributed by atoms with Gasteiger partial charge in [0.05, 0.1) is 16.8 Å². The van der Waals surface area contributed by atoms with Crippen molar-refractivity contribution >= 4 is 39.9 Å². The molecule has 1 aliphatic rings. The third-order valence-corrected chi connectivity index (χ3v) is 6.99. The number of carbonyl (C=O) groups is 1. The number of aromatic amines is 1. The number of amides is 1. The number of aromatic nitrogens is 3. The highest BCUT2D eigenvalue weighted by Crippen LogP contribution is 2.34. The molecule has 0 radical (unpaired) electrons. The van der Waals surface area contributed by atoms with Gasteiger partial charge in [0.2, 0.25) is 0 Å². The summed E-state index contributed by atoms with van der Waals surface area (Å²) in [5, 5.41) is 4.47. The molecule has 0 aliphatic carbocycles. The van der Waals surface area contributed by atoms with E-state index in [1.54, 1.807) is 6.20 Å². The zero-order chi connectivity index (χ0) is 23.8. The number of hydrogen-bond acceptors (Lipinski definition) is 5. The van der Waals surface area contributed by atoms with Gasteiger partial charge in [0.15, 0.2) is 0 Å². The number of piperazine rings is 1. The number of carbonyl (C=O) groups excluding carboxylic acids is 1. The minimum Gasteiger partial charge on any atom is -0.369 e. The van der Waals surface area contributed by atoms with Gasteiger partial charge in [0.25, 0.3) is 5.91 Å². The van der Waals surface area contributed by atoms with Gasteiger partial charge in [0, 0.05) is 54.2 Å². The standard InChI is InChI=1S/C26H27ClN6O/c1-16-12-19(13-21(27)17(16)2)24-23-22(14-28-25(23)30-15-29-24)31-26(34)18-4-6-20(7-5-18)33-10-8-32(3)9-11-33/h4-7,12-15H,8-11H2,1-3H3,(H,31,34)(H,28,29,30). The summed E-state index contributed by atoms with van der Waals surface area (Å²) >= 11 is 6.45. The Morgan fingerprint density at radius 2 is 1.79 bits per heavy atom. The zero-order valence-corrected chi connectivity index (χ0v) is 20.3.